The molecule has 1 saturated heterocycles. The zero-order chi connectivity index (χ0) is 22.8. The molecule has 0 N–H and O–H groups in total. The Balaban J connectivity index is 1.39. The lowest BCUT2D eigenvalue weighted by molar-refractivity contribution is -0.131. The lowest BCUT2D eigenvalue weighted by Gasteiger charge is -2.35. The SMILES string of the molecule is CC(C)CN1C(=O)c2ccc(C(=O)N3CCN(C(=O)Cc4ccccc4)CC3)cc2C1=O. The number of rotatable bonds is 5. The maximum absolute atomic E-state index is 13.0. The highest BCUT2D eigenvalue weighted by Crippen LogP contribution is 2.25. The summed E-state index contributed by atoms with van der Waals surface area (Å²) in [7, 11) is 0. The van der Waals surface area contributed by atoms with E-state index in [0.717, 1.165) is 5.56 Å². The molecule has 0 bridgehead atoms. The summed E-state index contributed by atoms with van der Waals surface area (Å²) in [4.78, 5) is 55.5. The zero-order valence-electron chi connectivity index (χ0n) is 18.4. The van der Waals surface area contributed by atoms with Gasteiger partial charge in [0, 0.05) is 38.3 Å². The number of carbonyl (C=O) groups excluding carboxylic acids is 4. The molecule has 7 nitrogen and oxygen atoms in total. The minimum absolute atomic E-state index is 0.0511. The number of hydrogen-bond donors (Lipinski definition) is 0. The Morgan fingerprint density at radius 2 is 1.47 bits per heavy atom. The van der Waals surface area contributed by atoms with Crippen LogP contribution in [0.15, 0.2) is 48.5 Å². The van der Waals surface area contributed by atoms with E-state index < -0.39 is 0 Å². The molecule has 7 heteroatoms. The van der Waals surface area contributed by atoms with E-state index >= 15 is 0 Å². The molecule has 0 aliphatic carbocycles. The molecule has 1 fully saturated rings. The standard InChI is InChI=1S/C25H27N3O4/c1-17(2)16-28-24(31)20-9-8-19(15-21(20)25(28)32)23(30)27-12-10-26(11-13-27)22(29)14-18-6-4-3-5-7-18/h3-9,15,17H,10-14,16H2,1-2H3. The molecule has 2 aromatic rings. The van der Waals surface area contributed by atoms with Crippen molar-refractivity contribution in [3.8, 4) is 0 Å². The third kappa shape index (κ3) is 4.28. The first kappa shape index (κ1) is 21.7. The summed E-state index contributed by atoms with van der Waals surface area (Å²) < 4.78 is 0. The van der Waals surface area contributed by atoms with E-state index in [1.165, 1.54) is 11.0 Å². The summed E-state index contributed by atoms with van der Waals surface area (Å²) in [6.45, 7) is 6.07. The van der Waals surface area contributed by atoms with E-state index in [1.54, 1.807) is 21.9 Å². The predicted molar refractivity (Wildman–Crippen MR) is 119 cm³/mol. The van der Waals surface area contributed by atoms with Crippen LogP contribution in [0.5, 0.6) is 0 Å². The van der Waals surface area contributed by atoms with Crippen LogP contribution in [-0.4, -0.2) is 71.1 Å². The summed E-state index contributed by atoms with van der Waals surface area (Å²) >= 11 is 0. The number of hydrogen-bond acceptors (Lipinski definition) is 4. The minimum Gasteiger partial charge on any atom is -0.339 e. The molecule has 0 aromatic heterocycles. The lowest BCUT2D eigenvalue weighted by Crippen LogP contribution is -2.51. The van der Waals surface area contributed by atoms with Crippen molar-refractivity contribution in [2.45, 2.75) is 20.3 Å². The number of carbonyl (C=O) groups is 4. The first-order valence-corrected chi connectivity index (χ1v) is 11.0. The number of amides is 4. The van der Waals surface area contributed by atoms with Gasteiger partial charge < -0.3 is 9.80 Å². The average molecular weight is 434 g/mol. The zero-order valence-corrected chi connectivity index (χ0v) is 18.4. The maximum Gasteiger partial charge on any atom is 0.261 e. The van der Waals surface area contributed by atoms with Gasteiger partial charge in [0.05, 0.1) is 17.5 Å². The second kappa shape index (κ2) is 8.94. The molecule has 4 amide bonds. The molecule has 4 rings (SSSR count). The van der Waals surface area contributed by atoms with Gasteiger partial charge >= 0.3 is 0 Å². The fourth-order valence-corrected chi connectivity index (χ4v) is 4.18. The monoisotopic (exact) mass is 433 g/mol. The summed E-state index contributed by atoms with van der Waals surface area (Å²) in [6.07, 6.45) is 0.350. The highest BCUT2D eigenvalue weighted by molar-refractivity contribution is 6.22. The molecule has 0 radical (unpaired) electrons. The number of piperazine rings is 1. The first-order chi connectivity index (χ1) is 15.3. The first-order valence-electron chi connectivity index (χ1n) is 11.0. The smallest absolute Gasteiger partial charge is 0.261 e. The second-order valence-corrected chi connectivity index (χ2v) is 8.71. The Labute approximate surface area is 187 Å². The molecule has 2 aliphatic heterocycles. The van der Waals surface area contributed by atoms with Crippen LogP contribution in [0.2, 0.25) is 0 Å². The third-order valence-electron chi connectivity index (χ3n) is 5.88. The van der Waals surface area contributed by atoms with Gasteiger partial charge in [-0.25, -0.2) is 0 Å². The quantitative estimate of drug-likeness (QED) is 0.679. The van der Waals surface area contributed by atoms with Crippen molar-refractivity contribution in [1.82, 2.24) is 14.7 Å². The molecule has 2 aromatic carbocycles. The van der Waals surface area contributed by atoms with Gasteiger partial charge in [-0.3, -0.25) is 24.1 Å². The van der Waals surface area contributed by atoms with Crippen molar-refractivity contribution < 1.29 is 19.2 Å². The van der Waals surface area contributed by atoms with E-state index in [-0.39, 0.29) is 35.1 Å². The fourth-order valence-electron chi connectivity index (χ4n) is 4.18. The van der Waals surface area contributed by atoms with E-state index in [9.17, 15) is 19.2 Å². The van der Waals surface area contributed by atoms with Gasteiger partial charge in [0.25, 0.3) is 17.7 Å². The van der Waals surface area contributed by atoms with Crippen LogP contribution < -0.4 is 0 Å². The highest BCUT2D eigenvalue weighted by Gasteiger charge is 2.36. The molecule has 0 saturated carbocycles. The normalized spacial score (nSPS) is 16.0. The summed E-state index contributed by atoms with van der Waals surface area (Å²) in [5, 5.41) is 0. The number of nitrogens with zero attached hydrogens (tertiary/aromatic N) is 3. The third-order valence-corrected chi connectivity index (χ3v) is 5.88. The van der Waals surface area contributed by atoms with Crippen molar-refractivity contribution in [3.05, 3.63) is 70.8 Å². The molecule has 0 atom stereocenters. The summed E-state index contributed by atoms with van der Waals surface area (Å²) in [6, 6.07) is 14.3. The van der Waals surface area contributed by atoms with E-state index in [2.05, 4.69) is 0 Å². The van der Waals surface area contributed by atoms with Crippen molar-refractivity contribution in [2.24, 2.45) is 5.92 Å². The fraction of sp³-hybridized carbons (Fsp3) is 0.360. The van der Waals surface area contributed by atoms with Crippen LogP contribution in [0.3, 0.4) is 0 Å². The molecule has 0 spiro atoms. The van der Waals surface area contributed by atoms with Crippen LogP contribution in [0.4, 0.5) is 0 Å². The van der Waals surface area contributed by atoms with Gasteiger partial charge in [0.2, 0.25) is 5.91 Å². The minimum atomic E-state index is -0.343. The van der Waals surface area contributed by atoms with Gasteiger partial charge in [0.1, 0.15) is 0 Å². The summed E-state index contributed by atoms with van der Waals surface area (Å²) in [5.41, 5.74) is 2.00. The highest BCUT2D eigenvalue weighted by atomic mass is 16.2. The lowest BCUT2D eigenvalue weighted by atomic mass is 10.0. The second-order valence-electron chi connectivity index (χ2n) is 8.71. The van der Waals surface area contributed by atoms with Crippen molar-refractivity contribution in [1.29, 1.82) is 0 Å². The van der Waals surface area contributed by atoms with Crippen LogP contribution >= 0.6 is 0 Å². The molecule has 0 unspecified atom stereocenters. The largest absolute Gasteiger partial charge is 0.339 e. The molecular formula is C25H27N3O4. The average Bonchev–Trinajstić information content (AvgIpc) is 3.03. The van der Waals surface area contributed by atoms with Crippen molar-refractivity contribution >= 4 is 23.6 Å². The van der Waals surface area contributed by atoms with Crippen molar-refractivity contribution in [3.63, 3.8) is 0 Å². The van der Waals surface area contributed by atoms with Gasteiger partial charge in [0.15, 0.2) is 0 Å². The topological polar surface area (TPSA) is 78.0 Å². The molecule has 2 heterocycles. The van der Waals surface area contributed by atoms with Gasteiger partial charge in [-0.05, 0) is 29.7 Å². The van der Waals surface area contributed by atoms with Crippen LogP contribution in [0.25, 0.3) is 0 Å². The van der Waals surface area contributed by atoms with Crippen LogP contribution in [0.1, 0.15) is 50.5 Å². The van der Waals surface area contributed by atoms with Crippen molar-refractivity contribution in [2.75, 3.05) is 32.7 Å². The number of fused-ring (bicyclic) bond motifs is 1. The summed E-state index contributed by atoms with van der Waals surface area (Å²) in [5.74, 6) is -0.618. The predicted octanol–water partition coefficient (Wildman–Crippen LogP) is 2.47. The van der Waals surface area contributed by atoms with Gasteiger partial charge in [-0.15, -0.1) is 0 Å². The molecule has 32 heavy (non-hydrogen) atoms. The van der Waals surface area contributed by atoms with Crippen LogP contribution in [-0.2, 0) is 11.2 Å². The Hall–Kier alpha value is -3.48. The van der Waals surface area contributed by atoms with E-state index in [1.807, 2.05) is 44.2 Å². The Morgan fingerprint density at radius 1 is 0.844 bits per heavy atom. The number of imide groups is 1. The Bertz CT molecular complexity index is 1060. The molecule has 2 aliphatic rings. The number of benzene rings is 2. The van der Waals surface area contributed by atoms with E-state index in [4.69, 9.17) is 0 Å². The maximum atomic E-state index is 13.0. The Kier molecular flexibility index (Phi) is 6.08. The molecular weight excluding hydrogens is 406 g/mol. The Morgan fingerprint density at radius 3 is 2.12 bits per heavy atom. The van der Waals surface area contributed by atoms with Gasteiger partial charge in [-0.2, -0.15) is 0 Å². The van der Waals surface area contributed by atoms with Gasteiger partial charge in [-0.1, -0.05) is 44.2 Å². The van der Waals surface area contributed by atoms with E-state index in [0.29, 0.717) is 50.3 Å². The molecule has 166 valence electrons. The van der Waals surface area contributed by atoms with Crippen LogP contribution in [0, 0.1) is 5.92 Å².